The summed E-state index contributed by atoms with van der Waals surface area (Å²) in [6, 6.07) is 0. The average molecular weight is 300 g/mol. The highest BCUT2D eigenvalue weighted by atomic mass is 16.7. The Labute approximate surface area is 129 Å². The summed E-state index contributed by atoms with van der Waals surface area (Å²) in [7, 11) is 0. The van der Waals surface area contributed by atoms with Gasteiger partial charge in [-0.25, -0.2) is 0 Å². The van der Waals surface area contributed by atoms with Gasteiger partial charge in [-0.15, -0.1) is 0 Å². The van der Waals surface area contributed by atoms with Gasteiger partial charge in [0, 0.05) is 17.3 Å². The molecule has 0 N–H and O–H groups in total. The number of ether oxygens (including phenoxy) is 4. The quantitative estimate of drug-likeness (QED) is 0.778. The highest BCUT2D eigenvalue weighted by Gasteiger charge is 2.48. The molecule has 0 aromatic rings. The minimum Gasteiger partial charge on any atom is -0.350 e. The standard InChI is InChI=1S/C17H32O4/c1-14(2)10-18-16(5,6)20-12(14)9-13-15(3,4)11-19-17(7,8)21-13/h12-13H,9-11H2,1-8H3/t12-,13-/m1/s1. The van der Waals surface area contributed by atoms with Gasteiger partial charge in [-0.1, -0.05) is 27.7 Å². The molecule has 4 heteroatoms. The molecule has 21 heavy (non-hydrogen) atoms. The van der Waals surface area contributed by atoms with E-state index in [1.807, 2.05) is 27.7 Å². The third kappa shape index (κ3) is 3.98. The van der Waals surface area contributed by atoms with Crippen molar-refractivity contribution in [3.63, 3.8) is 0 Å². The van der Waals surface area contributed by atoms with Gasteiger partial charge in [0.15, 0.2) is 11.6 Å². The Morgan fingerprint density at radius 3 is 1.33 bits per heavy atom. The minimum absolute atomic E-state index is 0.0165. The largest absolute Gasteiger partial charge is 0.350 e. The fourth-order valence-corrected chi connectivity index (χ4v) is 2.91. The molecule has 2 aliphatic rings. The molecule has 0 bridgehead atoms. The van der Waals surface area contributed by atoms with E-state index in [9.17, 15) is 0 Å². The fraction of sp³-hybridized carbons (Fsp3) is 1.00. The lowest BCUT2D eigenvalue weighted by atomic mass is 9.76. The first kappa shape index (κ1) is 17.2. The van der Waals surface area contributed by atoms with Crippen LogP contribution in [0.5, 0.6) is 0 Å². The van der Waals surface area contributed by atoms with Gasteiger partial charge in [0.05, 0.1) is 25.4 Å². The van der Waals surface area contributed by atoms with Gasteiger partial charge in [0.1, 0.15) is 0 Å². The third-order valence-corrected chi connectivity index (χ3v) is 4.61. The fourth-order valence-electron chi connectivity index (χ4n) is 2.91. The summed E-state index contributed by atoms with van der Waals surface area (Å²) >= 11 is 0. The topological polar surface area (TPSA) is 36.9 Å². The Kier molecular flexibility index (Phi) is 4.25. The second kappa shape index (κ2) is 5.19. The van der Waals surface area contributed by atoms with Crippen molar-refractivity contribution in [2.24, 2.45) is 10.8 Å². The normalized spacial score (nSPS) is 37.1. The Balaban J connectivity index is 2.13. The smallest absolute Gasteiger partial charge is 0.163 e. The van der Waals surface area contributed by atoms with Crippen molar-refractivity contribution >= 4 is 0 Å². The molecule has 0 spiro atoms. The van der Waals surface area contributed by atoms with Crippen LogP contribution in [0, 0.1) is 10.8 Å². The molecule has 0 unspecified atom stereocenters. The van der Waals surface area contributed by atoms with Crippen molar-refractivity contribution in [1.82, 2.24) is 0 Å². The molecule has 0 aromatic heterocycles. The van der Waals surface area contributed by atoms with Crippen LogP contribution in [0.3, 0.4) is 0 Å². The van der Waals surface area contributed by atoms with Crippen molar-refractivity contribution in [1.29, 1.82) is 0 Å². The molecule has 124 valence electrons. The van der Waals surface area contributed by atoms with E-state index in [1.165, 1.54) is 0 Å². The Morgan fingerprint density at radius 1 is 0.667 bits per heavy atom. The lowest BCUT2D eigenvalue weighted by Crippen LogP contribution is -2.56. The molecule has 0 aliphatic carbocycles. The molecular weight excluding hydrogens is 268 g/mol. The van der Waals surface area contributed by atoms with Crippen molar-refractivity contribution < 1.29 is 18.9 Å². The molecule has 0 radical (unpaired) electrons. The Bertz CT molecular complexity index is 348. The van der Waals surface area contributed by atoms with Crippen LogP contribution in [0.25, 0.3) is 0 Å². The van der Waals surface area contributed by atoms with Gasteiger partial charge in [0.25, 0.3) is 0 Å². The predicted octanol–water partition coefficient (Wildman–Crippen LogP) is 3.73. The zero-order valence-electron chi connectivity index (χ0n) is 14.9. The zero-order chi connectivity index (χ0) is 16.1. The van der Waals surface area contributed by atoms with Crippen molar-refractivity contribution in [3.8, 4) is 0 Å². The van der Waals surface area contributed by atoms with Crippen LogP contribution in [-0.2, 0) is 18.9 Å². The van der Waals surface area contributed by atoms with E-state index in [0.717, 1.165) is 6.42 Å². The monoisotopic (exact) mass is 300 g/mol. The Hall–Kier alpha value is -0.160. The second-order valence-corrected chi connectivity index (χ2v) is 8.80. The summed E-state index contributed by atoms with van der Waals surface area (Å²) in [4.78, 5) is 0. The molecule has 0 amide bonds. The van der Waals surface area contributed by atoms with Crippen molar-refractivity contribution in [3.05, 3.63) is 0 Å². The van der Waals surface area contributed by atoms with Gasteiger partial charge in [-0.3, -0.25) is 0 Å². The SMILES string of the molecule is CC1(C)OCC(C)(C)[C@@H](C[C@H]2OC(C)(C)OCC2(C)C)O1. The molecule has 2 saturated heterocycles. The van der Waals surface area contributed by atoms with E-state index in [2.05, 4.69) is 27.7 Å². The van der Waals surface area contributed by atoms with E-state index in [4.69, 9.17) is 18.9 Å². The van der Waals surface area contributed by atoms with Gasteiger partial charge in [0.2, 0.25) is 0 Å². The van der Waals surface area contributed by atoms with Gasteiger partial charge in [-0.05, 0) is 27.7 Å². The van der Waals surface area contributed by atoms with E-state index >= 15 is 0 Å². The molecule has 0 saturated carbocycles. The van der Waals surface area contributed by atoms with Crippen molar-refractivity contribution in [2.45, 2.75) is 85.6 Å². The molecule has 2 rings (SSSR count). The molecule has 2 heterocycles. The second-order valence-electron chi connectivity index (χ2n) is 8.80. The van der Waals surface area contributed by atoms with E-state index in [-0.39, 0.29) is 23.0 Å². The molecular formula is C17H32O4. The van der Waals surface area contributed by atoms with Gasteiger partial charge in [-0.2, -0.15) is 0 Å². The van der Waals surface area contributed by atoms with Crippen LogP contribution < -0.4 is 0 Å². The highest BCUT2D eigenvalue weighted by molar-refractivity contribution is 4.92. The van der Waals surface area contributed by atoms with Crippen LogP contribution in [0.4, 0.5) is 0 Å². The number of hydrogen-bond acceptors (Lipinski definition) is 4. The van der Waals surface area contributed by atoms with Crippen LogP contribution in [0.15, 0.2) is 0 Å². The Morgan fingerprint density at radius 2 is 1.00 bits per heavy atom. The maximum absolute atomic E-state index is 6.21. The predicted molar refractivity (Wildman–Crippen MR) is 82.0 cm³/mol. The summed E-state index contributed by atoms with van der Waals surface area (Å²) in [5.74, 6) is -1.05. The summed E-state index contributed by atoms with van der Waals surface area (Å²) < 4.78 is 24.0. The first-order valence-corrected chi connectivity index (χ1v) is 7.97. The van der Waals surface area contributed by atoms with E-state index < -0.39 is 11.6 Å². The highest BCUT2D eigenvalue weighted by Crippen LogP contribution is 2.43. The lowest BCUT2D eigenvalue weighted by Gasteiger charge is -2.51. The molecule has 0 aromatic carbocycles. The minimum atomic E-state index is -0.523. The van der Waals surface area contributed by atoms with Gasteiger partial charge < -0.3 is 18.9 Å². The molecule has 4 nitrogen and oxygen atoms in total. The lowest BCUT2D eigenvalue weighted by molar-refractivity contribution is -0.342. The maximum Gasteiger partial charge on any atom is 0.163 e. The van der Waals surface area contributed by atoms with Crippen LogP contribution >= 0.6 is 0 Å². The number of hydrogen-bond donors (Lipinski definition) is 0. The average Bonchev–Trinajstić information content (AvgIpc) is 2.30. The first-order chi connectivity index (χ1) is 9.33. The summed E-state index contributed by atoms with van der Waals surface area (Å²) in [6.45, 7) is 18.1. The first-order valence-electron chi connectivity index (χ1n) is 7.97. The van der Waals surface area contributed by atoms with E-state index in [0.29, 0.717) is 13.2 Å². The summed E-state index contributed by atoms with van der Waals surface area (Å²) in [5, 5.41) is 0. The van der Waals surface area contributed by atoms with E-state index in [1.54, 1.807) is 0 Å². The van der Waals surface area contributed by atoms with Crippen LogP contribution in [0.1, 0.15) is 61.8 Å². The van der Waals surface area contributed by atoms with Gasteiger partial charge >= 0.3 is 0 Å². The molecule has 2 fully saturated rings. The molecule has 2 atom stereocenters. The van der Waals surface area contributed by atoms with Crippen LogP contribution in [0.2, 0.25) is 0 Å². The van der Waals surface area contributed by atoms with Crippen LogP contribution in [-0.4, -0.2) is 37.0 Å². The zero-order valence-corrected chi connectivity index (χ0v) is 14.9. The number of rotatable bonds is 2. The summed E-state index contributed by atoms with van der Waals surface area (Å²) in [6.07, 6.45) is 1.08. The maximum atomic E-state index is 6.21. The van der Waals surface area contributed by atoms with Crippen molar-refractivity contribution in [2.75, 3.05) is 13.2 Å². The summed E-state index contributed by atoms with van der Waals surface area (Å²) in [5.41, 5.74) is -0.0329. The third-order valence-electron chi connectivity index (χ3n) is 4.61. The molecule has 2 aliphatic heterocycles.